The van der Waals surface area contributed by atoms with Gasteiger partial charge in [-0.1, -0.05) is 34.8 Å². The van der Waals surface area contributed by atoms with Gasteiger partial charge in [-0.05, 0) is 44.5 Å². The molecule has 2 amide bonds. The molecule has 0 aromatic heterocycles. The molecule has 1 aromatic rings. The maximum atomic E-state index is 14.0. The van der Waals surface area contributed by atoms with Crippen molar-refractivity contribution >= 4 is 69.8 Å². The number of hydrogen-bond acceptors (Lipinski definition) is 11. The third kappa shape index (κ3) is 6.97. The van der Waals surface area contributed by atoms with E-state index in [1.807, 2.05) is 0 Å². The molecule has 0 spiro atoms. The number of rotatable bonds is 10. The number of carbonyl (C=O) groups excluding carboxylic acids is 4. The molecule has 0 saturated heterocycles. The fourth-order valence-electron chi connectivity index (χ4n) is 5.85. The zero-order valence-corrected chi connectivity index (χ0v) is 26.3. The Hall–Kier alpha value is -2.81. The maximum absolute atomic E-state index is 14.0. The zero-order chi connectivity index (χ0) is 32.6. The summed E-state index contributed by atoms with van der Waals surface area (Å²) in [4.78, 5) is 54.3. The van der Waals surface area contributed by atoms with Gasteiger partial charge < -0.3 is 46.0 Å². The van der Waals surface area contributed by atoms with Gasteiger partial charge in [-0.15, -0.1) is 0 Å². The van der Waals surface area contributed by atoms with Crippen LogP contribution >= 0.6 is 34.8 Å². The minimum Gasteiger partial charge on any atom is -0.507 e. The number of benzene rings is 1. The molecule has 2 aliphatic carbocycles. The number of alkyl halides is 3. The Morgan fingerprint density at radius 2 is 1.84 bits per heavy atom. The van der Waals surface area contributed by atoms with Crippen LogP contribution in [0.5, 0.6) is 5.75 Å². The standard InChI is InChI=1S/C27H35Cl3N4O9/c1-33(2)16-7-13(9-32-25(41)43-11-26(28,29)30)22(38)21-14(16)5-12-6-15(17(10-35)34(3)4)27(42,18(36)8-19(31)37)24(40)20(12)23(21)39/h7,12,15,17,35,38-39,42H,5-6,8-11H2,1-4H3,(H2,31,37)(H,32,41)/t12-,15-,17+,27+/m0/s1. The lowest BCUT2D eigenvalue weighted by Crippen LogP contribution is -2.64. The largest absolute Gasteiger partial charge is 0.507 e. The Labute approximate surface area is 263 Å². The number of nitrogens with zero attached hydrogens (tertiary/aromatic N) is 2. The van der Waals surface area contributed by atoms with Crippen molar-refractivity contribution in [2.24, 2.45) is 17.6 Å². The highest BCUT2D eigenvalue weighted by molar-refractivity contribution is 6.67. The number of anilines is 1. The molecule has 43 heavy (non-hydrogen) atoms. The molecule has 0 aliphatic heterocycles. The minimum atomic E-state index is -2.80. The maximum Gasteiger partial charge on any atom is 0.407 e. The van der Waals surface area contributed by atoms with E-state index in [0.717, 1.165) is 0 Å². The topological polar surface area (TPSA) is 203 Å². The van der Waals surface area contributed by atoms with Gasteiger partial charge in [0.1, 0.15) is 18.1 Å². The summed E-state index contributed by atoms with van der Waals surface area (Å²) in [5.74, 6) is -6.38. The highest BCUT2D eigenvalue weighted by atomic mass is 35.6. The van der Waals surface area contributed by atoms with E-state index in [2.05, 4.69) is 5.32 Å². The number of likely N-dealkylation sites (N-methyl/N-ethyl adjacent to an activating group) is 1. The van der Waals surface area contributed by atoms with Gasteiger partial charge in [0, 0.05) is 49.4 Å². The van der Waals surface area contributed by atoms with E-state index >= 15 is 0 Å². The Bertz CT molecular complexity index is 1350. The van der Waals surface area contributed by atoms with Crippen molar-refractivity contribution < 1.29 is 44.3 Å². The van der Waals surface area contributed by atoms with E-state index in [9.17, 15) is 39.6 Å². The van der Waals surface area contributed by atoms with E-state index in [1.54, 1.807) is 44.1 Å². The summed E-state index contributed by atoms with van der Waals surface area (Å²) < 4.78 is 3.00. The number of phenols is 1. The molecule has 13 nitrogen and oxygen atoms in total. The number of amides is 2. The zero-order valence-electron chi connectivity index (χ0n) is 24.0. The van der Waals surface area contributed by atoms with Crippen molar-refractivity contribution in [3.8, 4) is 5.75 Å². The Kier molecular flexibility index (Phi) is 10.5. The van der Waals surface area contributed by atoms with Gasteiger partial charge in [-0.2, -0.15) is 0 Å². The van der Waals surface area contributed by atoms with E-state index < -0.39 is 82.0 Å². The average Bonchev–Trinajstić information content (AvgIpc) is 2.88. The van der Waals surface area contributed by atoms with Crippen LogP contribution in [0.25, 0.3) is 5.76 Å². The number of aromatic hydroxyl groups is 1. The van der Waals surface area contributed by atoms with Crippen LogP contribution in [0.3, 0.4) is 0 Å². The molecule has 7 N–H and O–H groups in total. The highest BCUT2D eigenvalue weighted by Crippen LogP contribution is 2.51. The van der Waals surface area contributed by atoms with Gasteiger partial charge in [0.15, 0.2) is 11.4 Å². The van der Waals surface area contributed by atoms with Gasteiger partial charge in [-0.3, -0.25) is 14.4 Å². The molecule has 1 aromatic carbocycles. The lowest BCUT2D eigenvalue weighted by molar-refractivity contribution is -0.163. The van der Waals surface area contributed by atoms with Crippen molar-refractivity contribution in [1.29, 1.82) is 0 Å². The quantitative estimate of drug-likeness (QED) is 0.155. The summed E-state index contributed by atoms with van der Waals surface area (Å²) in [6, 6.07) is 0.722. The first kappa shape index (κ1) is 34.7. The van der Waals surface area contributed by atoms with Crippen LogP contribution in [-0.2, 0) is 32.1 Å². The van der Waals surface area contributed by atoms with E-state index in [1.165, 1.54) is 0 Å². The number of ketones is 2. The van der Waals surface area contributed by atoms with E-state index in [-0.39, 0.29) is 36.1 Å². The Morgan fingerprint density at radius 1 is 1.21 bits per heavy atom. The molecule has 0 radical (unpaired) electrons. The number of halogens is 3. The van der Waals surface area contributed by atoms with Crippen molar-refractivity contribution in [1.82, 2.24) is 10.2 Å². The molecule has 3 rings (SSSR count). The Morgan fingerprint density at radius 3 is 2.35 bits per heavy atom. The van der Waals surface area contributed by atoms with Crippen molar-refractivity contribution in [3.63, 3.8) is 0 Å². The monoisotopic (exact) mass is 664 g/mol. The van der Waals surface area contributed by atoms with Gasteiger partial charge >= 0.3 is 6.09 Å². The van der Waals surface area contributed by atoms with Crippen LogP contribution in [-0.4, -0.2) is 106 Å². The number of phenolic OH excluding ortho intramolecular Hbond substituents is 1. The summed E-state index contributed by atoms with van der Waals surface area (Å²) >= 11 is 16.8. The summed E-state index contributed by atoms with van der Waals surface area (Å²) in [7, 11) is 6.65. The molecule has 0 bridgehead atoms. The van der Waals surface area contributed by atoms with Crippen LogP contribution < -0.4 is 16.0 Å². The number of nitrogens with one attached hydrogen (secondary N) is 1. The van der Waals surface area contributed by atoms with E-state index in [4.69, 9.17) is 45.3 Å². The third-order valence-electron chi connectivity index (χ3n) is 7.83. The number of Topliss-reactive ketones (excluding diaryl/α,β-unsaturated/α-hetero) is 2. The number of aliphatic hydroxyl groups excluding tert-OH is 2. The van der Waals surface area contributed by atoms with Crippen LogP contribution in [0.15, 0.2) is 11.6 Å². The molecule has 238 valence electrons. The number of hydrogen-bond donors (Lipinski definition) is 6. The van der Waals surface area contributed by atoms with Gasteiger partial charge in [0.2, 0.25) is 15.5 Å². The van der Waals surface area contributed by atoms with Crippen molar-refractivity contribution in [3.05, 3.63) is 28.3 Å². The number of ether oxygens (including phenoxy) is 1. The van der Waals surface area contributed by atoms with Gasteiger partial charge in [0.05, 0.1) is 18.6 Å². The third-order valence-corrected chi connectivity index (χ3v) is 8.15. The lowest BCUT2D eigenvalue weighted by Gasteiger charge is -2.47. The van der Waals surface area contributed by atoms with Crippen molar-refractivity contribution in [2.45, 2.75) is 41.2 Å². The highest BCUT2D eigenvalue weighted by Gasteiger charge is 2.60. The number of primary amides is 1. The van der Waals surface area contributed by atoms with Crippen LogP contribution in [0, 0.1) is 11.8 Å². The fourth-order valence-corrected chi connectivity index (χ4v) is 6.01. The molecular weight excluding hydrogens is 631 g/mol. The minimum absolute atomic E-state index is 0.0268. The van der Waals surface area contributed by atoms with Gasteiger partial charge in [-0.25, -0.2) is 4.79 Å². The summed E-state index contributed by atoms with van der Waals surface area (Å²) in [5.41, 5.74) is 3.15. The number of aliphatic hydroxyl groups is 3. The van der Waals surface area contributed by atoms with Gasteiger partial charge in [0.25, 0.3) is 0 Å². The first-order valence-electron chi connectivity index (χ1n) is 13.2. The van der Waals surface area contributed by atoms with Crippen molar-refractivity contribution in [2.75, 3.05) is 46.3 Å². The smallest absolute Gasteiger partial charge is 0.407 e. The fraction of sp³-hybridized carbons (Fsp3) is 0.556. The summed E-state index contributed by atoms with van der Waals surface area (Å²) in [6.07, 6.45) is -1.81. The second-order valence-electron chi connectivity index (χ2n) is 11.1. The predicted octanol–water partition coefficient (Wildman–Crippen LogP) is 1.18. The molecule has 1 fully saturated rings. The second-order valence-corrected chi connectivity index (χ2v) is 13.6. The number of nitrogens with two attached hydrogens (primary N) is 1. The summed E-state index contributed by atoms with van der Waals surface area (Å²) in [5, 5.41) is 47.1. The second kappa shape index (κ2) is 13.0. The number of fused-ring (bicyclic) bond motifs is 2. The Balaban J connectivity index is 2.15. The SMILES string of the molecule is CN(C)c1cc(CNC(=O)OCC(Cl)(Cl)Cl)c(O)c2c1C[C@H]1C[C@@H]([C@@H](CO)N(C)C)[C@@](O)(C(=O)CC(N)=O)C(=O)C1=C2O. The van der Waals surface area contributed by atoms with Crippen LogP contribution in [0.4, 0.5) is 10.5 Å². The number of alkyl carbamates (subject to hydrolysis) is 1. The number of carbonyl (C=O) groups is 4. The lowest BCUT2D eigenvalue weighted by atomic mass is 9.59. The van der Waals surface area contributed by atoms with E-state index in [0.29, 0.717) is 11.3 Å². The molecule has 1 saturated carbocycles. The predicted molar refractivity (Wildman–Crippen MR) is 159 cm³/mol. The normalized spacial score (nSPS) is 22.5. The van der Waals surface area contributed by atoms with Crippen LogP contribution in [0.1, 0.15) is 29.5 Å². The molecule has 16 heteroatoms. The summed E-state index contributed by atoms with van der Waals surface area (Å²) in [6.45, 7) is -1.35. The molecular formula is C27H35Cl3N4O9. The molecule has 0 unspecified atom stereocenters. The first-order valence-corrected chi connectivity index (χ1v) is 14.3. The van der Waals surface area contributed by atoms with Crippen LogP contribution in [0.2, 0.25) is 0 Å². The molecule has 4 atom stereocenters. The average molecular weight is 666 g/mol. The molecule has 0 heterocycles. The molecule has 2 aliphatic rings. The first-order chi connectivity index (χ1) is 19.8.